The summed E-state index contributed by atoms with van der Waals surface area (Å²) < 4.78 is 0. The summed E-state index contributed by atoms with van der Waals surface area (Å²) in [5, 5.41) is 0. The Labute approximate surface area is 87.0 Å². The van der Waals surface area contributed by atoms with Gasteiger partial charge in [-0.05, 0) is 20.3 Å². The molecule has 84 valence electrons. The first kappa shape index (κ1) is 13.2. The molecule has 0 saturated heterocycles. The fourth-order valence-electron chi connectivity index (χ4n) is 1.14. The predicted octanol–water partition coefficient (Wildman–Crippen LogP) is 1.12. The molecule has 0 aliphatic heterocycles. The maximum atomic E-state index is 11.8. The molecule has 4 nitrogen and oxygen atoms in total. The van der Waals surface area contributed by atoms with Gasteiger partial charge in [0.1, 0.15) is 0 Å². The van der Waals surface area contributed by atoms with Gasteiger partial charge in [0.15, 0.2) is 0 Å². The molecule has 2 N–H and O–H groups in total. The number of nitrogens with two attached hydrogens (primary N) is 1. The molecule has 0 fully saturated rings. The van der Waals surface area contributed by atoms with Crippen LogP contribution in [0.15, 0.2) is 0 Å². The zero-order valence-electron chi connectivity index (χ0n) is 10.0. The van der Waals surface area contributed by atoms with Gasteiger partial charge in [0, 0.05) is 27.2 Å². The van der Waals surface area contributed by atoms with Gasteiger partial charge in [0.2, 0.25) is 0 Å². The molecule has 0 rings (SSSR count). The summed E-state index contributed by atoms with van der Waals surface area (Å²) in [6, 6.07) is 0.0299. The standard InChI is InChI=1S/C10H23N3O/c1-6-10(3,8-11)13(5)9(14)12(4)7-2/h6-8,11H2,1-5H3. The first-order valence-electron chi connectivity index (χ1n) is 5.12. The lowest BCUT2D eigenvalue weighted by atomic mass is 9.97. The Kier molecular flexibility index (Phi) is 4.91. The Morgan fingerprint density at radius 3 is 2.14 bits per heavy atom. The Morgan fingerprint density at radius 2 is 1.86 bits per heavy atom. The molecule has 2 amide bonds. The van der Waals surface area contributed by atoms with E-state index in [1.54, 1.807) is 16.8 Å². The number of carbonyl (C=O) groups excluding carboxylic acids is 1. The molecule has 1 atom stereocenters. The monoisotopic (exact) mass is 201 g/mol. The minimum absolute atomic E-state index is 0.0299. The van der Waals surface area contributed by atoms with Crippen LogP contribution in [-0.2, 0) is 0 Å². The Hall–Kier alpha value is -0.770. The molecule has 0 spiro atoms. The molecular weight excluding hydrogens is 178 g/mol. The molecule has 0 heterocycles. The molecule has 0 aromatic rings. The third-order valence-corrected chi connectivity index (χ3v) is 3.10. The van der Waals surface area contributed by atoms with E-state index in [-0.39, 0.29) is 11.6 Å². The van der Waals surface area contributed by atoms with Crippen molar-refractivity contribution in [2.75, 3.05) is 27.2 Å². The minimum atomic E-state index is -0.236. The van der Waals surface area contributed by atoms with Crippen LogP contribution in [0, 0.1) is 0 Å². The van der Waals surface area contributed by atoms with E-state index in [1.807, 2.05) is 27.8 Å². The van der Waals surface area contributed by atoms with E-state index in [9.17, 15) is 4.79 Å². The second-order valence-corrected chi connectivity index (χ2v) is 3.91. The molecule has 0 aliphatic carbocycles. The highest BCUT2D eigenvalue weighted by atomic mass is 16.2. The van der Waals surface area contributed by atoms with Crippen LogP contribution in [-0.4, -0.2) is 48.6 Å². The fraction of sp³-hybridized carbons (Fsp3) is 0.900. The largest absolute Gasteiger partial charge is 0.328 e. The number of carbonyl (C=O) groups is 1. The van der Waals surface area contributed by atoms with Gasteiger partial charge in [0.05, 0.1) is 5.54 Å². The number of nitrogens with zero attached hydrogens (tertiary/aromatic N) is 2. The molecule has 0 bridgehead atoms. The maximum Gasteiger partial charge on any atom is 0.319 e. The average Bonchev–Trinajstić information content (AvgIpc) is 2.24. The van der Waals surface area contributed by atoms with E-state index in [0.717, 1.165) is 6.42 Å². The van der Waals surface area contributed by atoms with Crippen LogP contribution in [0.4, 0.5) is 4.79 Å². The lowest BCUT2D eigenvalue weighted by molar-refractivity contribution is 0.120. The minimum Gasteiger partial charge on any atom is -0.328 e. The lowest BCUT2D eigenvalue weighted by Crippen LogP contribution is -2.55. The van der Waals surface area contributed by atoms with Gasteiger partial charge in [-0.2, -0.15) is 0 Å². The van der Waals surface area contributed by atoms with E-state index >= 15 is 0 Å². The highest BCUT2D eigenvalue weighted by Gasteiger charge is 2.30. The summed E-state index contributed by atoms with van der Waals surface area (Å²) in [6.07, 6.45) is 0.864. The fourth-order valence-corrected chi connectivity index (χ4v) is 1.14. The molecular formula is C10H23N3O. The molecule has 0 aromatic heterocycles. The van der Waals surface area contributed by atoms with Gasteiger partial charge in [-0.3, -0.25) is 0 Å². The topological polar surface area (TPSA) is 49.6 Å². The van der Waals surface area contributed by atoms with Crippen molar-refractivity contribution < 1.29 is 4.79 Å². The first-order chi connectivity index (χ1) is 6.42. The smallest absolute Gasteiger partial charge is 0.319 e. The number of likely N-dealkylation sites (N-methyl/N-ethyl adjacent to an activating group) is 1. The number of amides is 2. The third-order valence-electron chi connectivity index (χ3n) is 3.10. The van der Waals surface area contributed by atoms with E-state index in [1.165, 1.54) is 0 Å². The number of hydrogen-bond donors (Lipinski definition) is 1. The van der Waals surface area contributed by atoms with Crippen LogP contribution in [0.2, 0.25) is 0 Å². The number of urea groups is 1. The molecule has 0 aliphatic rings. The zero-order valence-corrected chi connectivity index (χ0v) is 10.0. The summed E-state index contributed by atoms with van der Waals surface area (Å²) in [5.41, 5.74) is 5.45. The summed E-state index contributed by atoms with van der Waals surface area (Å²) in [7, 11) is 3.61. The van der Waals surface area contributed by atoms with Gasteiger partial charge in [-0.25, -0.2) is 4.79 Å². The van der Waals surface area contributed by atoms with Crippen molar-refractivity contribution in [3.05, 3.63) is 0 Å². The van der Waals surface area contributed by atoms with Crippen molar-refractivity contribution in [1.82, 2.24) is 9.80 Å². The first-order valence-corrected chi connectivity index (χ1v) is 5.12. The van der Waals surface area contributed by atoms with Gasteiger partial charge >= 0.3 is 6.03 Å². The molecule has 0 aromatic carbocycles. The van der Waals surface area contributed by atoms with Crippen LogP contribution in [0.25, 0.3) is 0 Å². The van der Waals surface area contributed by atoms with Crippen LogP contribution < -0.4 is 5.73 Å². The lowest BCUT2D eigenvalue weighted by Gasteiger charge is -2.39. The summed E-state index contributed by atoms with van der Waals surface area (Å²) in [6.45, 7) is 7.21. The summed E-state index contributed by atoms with van der Waals surface area (Å²) in [4.78, 5) is 15.3. The molecule has 14 heavy (non-hydrogen) atoms. The normalized spacial score (nSPS) is 14.7. The van der Waals surface area contributed by atoms with Crippen LogP contribution in [0.1, 0.15) is 27.2 Å². The van der Waals surface area contributed by atoms with E-state index < -0.39 is 0 Å². The van der Waals surface area contributed by atoms with Gasteiger partial charge < -0.3 is 15.5 Å². The Bertz CT molecular complexity index is 190. The molecule has 4 heteroatoms. The number of rotatable bonds is 4. The van der Waals surface area contributed by atoms with E-state index in [0.29, 0.717) is 13.1 Å². The van der Waals surface area contributed by atoms with Gasteiger partial charge in [-0.15, -0.1) is 0 Å². The SMILES string of the molecule is CCN(C)C(=O)N(C)C(C)(CC)CN. The maximum absolute atomic E-state index is 11.8. The highest BCUT2D eigenvalue weighted by molar-refractivity contribution is 5.74. The highest BCUT2D eigenvalue weighted by Crippen LogP contribution is 2.17. The average molecular weight is 201 g/mol. The van der Waals surface area contributed by atoms with Crippen LogP contribution in [0.3, 0.4) is 0 Å². The van der Waals surface area contributed by atoms with Crippen molar-refractivity contribution in [1.29, 1.82) is 0 Å². The van der Waals surface area contributed by atoms with Crippen molar-refractivity contribution in [2.24, 2.45) is 5.73 Å². The van der Waals surface area contributed by atoms with Crippen molar-refractivity contribution in [3.63, 3.8) is 0 Å². The zero-order chi connectivity index (χ0) is 11.4. The second-order valence-electron chi connectivity index (χ2n) is 3.91. The number of hydrogen-bond acceptors (Lipinski definition) is 2. The Balaban J connectivity index is 4.58. The van der Waals surface area contributed by atoms with E-state index in [2.05, 4.69) is 0 Å². The predicted molar refractivity (Wildman–Crippen MR) is 59.2 cm³/mol. The van der Waals surface area contributed by atoms with Crippen molar-refractivity contribution >= 4 is 6.03 Å². The van der Waals surface area contributed by atoms with E-state index in [4.69, 9.17) is 5.73 Å². The molecule has 0 saturated carbocycles. The summed E-state index contributed by atoms with van der Waals surface area (Å²) >= 11 is 0. The van der Waals surface area contributed by atoms with Crippen LogP contribution >= 0.6 is 0 Å². The second kappa shape index (κ2) is 5.20. The van der Waals surface area contributed by atoms with Gasteiger partial charge in [-0.1, -0.05) is 6.92 Å². The molecule has 0 radical (unpaired) electrons. The quantitative estimate of drug-likeness (QED) is 0.741. The van der Waals surface area contributed by atoms with Crippen LogP contribution in [0.5, 0.6) is 0 Å². The van der Waals surface area contributed by atoms with Gasteiger partial charge in [0.25, 0.3) is 0 Å². The molecule has 1 unspecified atom stereocenters. The summed E-state index contributed by atoms with van der Waals surface area (Å²) in [5.74, 6) is 0. The van der Waals surface area contributed by atoms with Crippen molar-refractivity contribution in [3.8, 4) is 0 Å². The Morgan fingerprint density at radius 1 is 1.36 bits per heavy atom. The third kappa shape index (κ3) is 2.61. The van der Waals surface area contributed by atoms with Crippen molar-refractivity contribution in [2.45, 2.75) is 32.7 Å².